The lowest BCUT2D eigenvalue weighted by Gasteiger charge is -2.08. The third-order valence-electron chi connectivity index (χ3n) is 2.29. The largest absolute Gasteiger partial charge is 0.493 e. The summed E-state index contributed by atoms with van der Waals surface area (Å²) in [7, 11) is 0. The lowest BCUT2D eigenvalue weighted by atomic mass is 10.3. The molecule has 0 saturated carbocycles. The van der Waals surface area contributed by atoms with Gasteiger partial charge in [-0.05, 0) is 24.3 Å². The molecule has 0 unspecified atom stereocenters. The molecule has 0 fully saturated rings. The van der Waals surface area contributed by atoms with E-state index in [1.165, 1.54) is 0 Å². The Hall–Kier alpha value is -2.29. The van der Waals surface area contributed by atoms with Crippen molar-refractivity contribution in [2.75, 3.05) is 6.61 Å². The molecule has 0 atom stereocenters. The van der Waals surface area contributed by atoms with Crippen molar-refractivity contribution in [2.24, 2.45) is 0 Å². The fourth-order valence-corrected chi connectivity index (χ4v) is 1.48. The first-order chi connectivity index (χ1) is 8.88. The maximum atomic E-state index is 10.2. The molecule has 2 aromatic rings. The number of hydrogen-bond acceptors (Lipinski definition) is 3. The molecule has 0 amide bonds. The molecule has 92 valence electrons. The van der Waals surface area contributed by atoms with Gasteiger partial charge in [-0.3, -0.25) is 0 Å². The molecule has 0 spiro atoms. The van der Waals surface area contributed by atoms with E-state index in [1.54, 1.807) is 6.07 Å². The van der Waals surface area contributed by atoms with E-state index < -0.39 is 0 Å². The van der Waals surface area contributed by atoms with Crippen molar-refractivity contribution in [2.45, 2.75) is 6.42 Å². The molecule has 0 N–H and O–H groups in total. The Kier molecular flexibility index (Phi) is 4.36. The maximum Gasteiger partial charge on any atom is 0.131 e. The highest BCUT2D eigenvalue weighted by molar-refractivity contribution is 5.49. The molecular formula is C15H14O3. The van der Waals surface area contributed by atoms with Crippen LogP contribution in [0.1, 0.15) is 6.42 Å². The summed E-state index contributed by atoms with van der Waals surface area (Å²) in [6, 6.07) is 16.9. The minimum Gasteiger partial charge on any atom is -0.493 e. The molecule has 2 aromatic carbocycles. The van der Waals surface area contributed by atoms with Crippen molar-refractivity contribution in [3.8, 4) is 17.2 Å². The fourth-order valence-electron chi connectivity index (χ4n) is 1.48. The number of rotatable bonds is 6. The normalized spacial score (nSPS) is 9.78. The molecule has 0 aliphatic rings. The van der Waals surface area contributed by atoms with Crippen LogP contribution in [0.3, 0.4) is 0 Å². The molecule has 3 nitrogen and oxygen atoms in total. The summed E-state index contributed by atoms with van der Waals surface area (Å²) in [6.45, 7) is 0.387. The zero-order valence-corrected chi connectivity index (χ0v) is 9.91. The van der Waals surface area contributed by atoms with Crippen molar-refractivity contribution < 1.29 is 14.3 Å². The van der Waals surface area contributed by atoms with Crippen LogP contribution in [-0.4, -0.2) is 12.9 Å². The fraction of sp³-hybridized carbons (Fsp3) is 0.133. The quantitative estimate of drug-likeness (QED) is 0.575. The molecule has 0 heterocycles. The van der Waals surface area contributed by atoms with Crippen LogP contribution in [0, 0.1) is 0 Å². The summed E-state index contributed by atoms with van der Waals surface area (Å²) >= 11 is 0. The highest BCUT2D eigenvalue weighted by atomic mass is 16.5. The van der Waals surface area contributed by atoms with E-state index in [-0.39, 0.29) is 0 Å². The van der Waals surface area contributed by atoms with Gasteiger partial charge < -0.3 is 14.3 Å². The second-order valence-corrected chi connectivity index (χ2v) is 3.69. The van der Waals surface area contributed by atoms with Gasteiger partial charge in [0, 0.05) is 12.5 Å². The minimum atomic E-state index is 0.387. The van der Waals surface area contributed by atoms with E-state index in [0.717, 1.165) is 12.0 Å². The summed E-state index contributed by atoms with van der Waals surface area (Å²) < 4.78 is 11.1. The predicted molar refractivity (Wildman–Crippen MR) is 69.1 cm³/mol. The van der Waals surface area contributed by atoms with Crippen LogP contribution < -0.4 is 9.47 Å². The Morgan fingerprint density at radius 2 is 1.61 bits per heavy atom. The van der Waals surface area contributed by atoms with Crippen LogP contribution >= 0.6 is 0 Å². The van der Waals surface area contributed by atoms with E-state index in [2.05, 4.69) is 0 Å². The highest BCUT2D eigenvalue weighted by Gasteiger charge is 1.99. The summed E-state index contributed by atoms with van der Waals surface area (Å²) in [6.07, 6.45) is 1.23. The molecule has 0 saturated heterocycles. The average Bonchev–Trinajstić information content (AvgIpc) is 2.41. The van der Waals surface area contributed by atoms with Crippen LogP contribution in [0.4, 0.5) is 0 Å². The van der Waals surface area contributed by atoms with Crippen LogP contribution in [0.5, 0.6) is 17.2 Å². The van der Waals surface area contributed by atoms with Gasteiger partial charge >= 0.3 is 0 Å². The Morgan fingerprint density at radius 3 is 2.39 bits per heavy atom. The van der Waals surface area contributed by atoms with Gasteiger partial charge in [-0.2, -0.15) is 0 Å². The van der Waals surface area contributed by atoms with Crippen molar-refractivity contribution in [3.05, 3.63) is 54.6 Å². The lowest BCUT2D eigenvalue weighted by Crippen LogP contribution is -1.97. The van der Waals surface area contributed by atoms with Gasteiger partial charge in [-0.25, -0.2) is 0 Å². The first-order valence-electron chi connectivity index (χ1n) is 5.78. The smallest absolute Gasteiger partial charge is 0.131 e. The first kappa shape index (κ1) is 12.2. The van der Waals surface area contributed by atoms with Gasteiger partial charge in [0.15, 0.2) is 0 Å². The first-order valence-corrected chi connectivity index (χ1v) is 5.78. The Morgan fingerprint density at radius 1 is 0.889 bits per heavy atom. The van der Waals surface area contributed by atoms with E-state index >= 15 is 0 Å². The molecule has 3 heteroatoms. The third kappa shape index (κ3) is 3.63. The number of benzene rings is 2. The standard InChI is InChI=1S/C15H14O3/c16-10-5-11-17-14-8-4-9-15(12-14)18-13-6-2-1-3-7-13/h1-4,6-10,12H,5,11H2. The number of hydrogen-bond donors (Lipinski definition) is 0. The SMILES string of the molecule is O=CCCOc1cccc(Oc2ccccc2)c1. The summed E-state index contributed by atoms with van der Waals surface area (Å²) in [5.41, 5.74) is 0. The molecule has 0 aliphatic heterocycles. The van der Waals surface area contributed by atoms with E-state index in [0.29, 0.717) is 24.5 Å². The molecule has 0 aliphatic carbocycles. The van der Waals surface area contributed by atoms with Crippen molar-refractivity contribution in [1.29, 1.82) is 0 Å². The van der Waals surface area contributed by atoms with Gasteiger partial charge in [0.1, 0.15) is 23.5 Å². The Balaban J connectivity index is 2.01. The second-order valence-electron chi connectivity index (χ2n) is 3.69. The Bertz CT molecular complexity index is 494. The lowest BCUT2D eigenvalue weighted by molar-refractivity contribution is -0.108. The zero-order chi connectivity index (χ0) is 12.6. The van der Waals surface area contributed by atoms with Crippen molar-refractivity contribution in [3.63, 3.8) is 0 Å². The highest BCUT2D eigenvalue weighted by Crippen LogP contribution is 2.24. The molecule has 0 bridgehead atoms. The number of carbonyl (C=O) groups is 1. The average molecular weight is 242 g/mol. The second kappa shape index (κ2) is 6.45. The van der Waals surface area contributed by atoms with Gasteiger partial charge in [0.2, 0.25) is 0 Å². The number of carbonyl (C=O) groups excluding carboxylic acids is 1. The molecule has 18 heavy (non-hydrogen) atoms. The van der Waals surface area contributed by atoms with E-state index in [9.17, 15) is 4.79 Å². The van der Waals surface area contributed by atoms with E-state index in [1.807, 2.05) is 48.5 Å². The number of aldehydes is 1. The molecule has 2 rings (SSSR count). The van der Waals surface area contributed by atoms with Crippen LogP contribution in [0.15, 0.2) is 54.6 Å². The topological polar surface area (TPSA) is 35.5 Å². The third-order valence-corrected chi connectivity index (χ3v) is 2.29. The maximum absolute atomic E-state index is 10.2. The number of ether oxygens (including phenoxy) is 2. The minimum absolute atomic E-state index is 0.387. The van der Waals surface area contributed by atoms with Crippen molar-refractivity contribution >= 4 is 6.29 Å². The molecular weight excluding hydrogens is 228 g/mol. The number of para-hydroxylation sites is 1. The van der Waals surface area contributed by atoms with Gasteiger partial charge in [0.25, 0.3) is 0 Å². The Labute approximate surface area is 106 Å². The predicted octanol–water partition coefficient (Wildman–Crippen LogP) is 3.45. The monoisotopic (exact) mass is 242 g/mol. The zero-order valence-electron chi connectivity index (χ0n) is 9.91. The van der Waals surface area contributed by atoms with Crippen LogP contribution in [0.2, 0.25) is 0 Å². The van der Waals surface area contributed by atoms with Crippen LogP contribution in [-0.2, 0) is 4.79 Å². The van der Waals surface area contributed by atoms with Gasteiger partial charge in [-0.1, -0.05) is 24.3 Å². The van der Waals surface area contributed by atoms with Gasteiger partial charge in [-0.15, -0.1) is 0 Å². The summed E-state index contributed by atoms with van der Waals surface area (Å²) in [4.78, 5) is 10.2. The summed E-state index contributed by atoms with van der Waals surface area (Å²) in [5, 5.41) is 0. The van der Waals surface area contributed by atoms with Gasteiger partial charge in [0.05, 0.1) is 6.61 Å². The van der Waals surface area contributed by atoms with Crippen molar-refractivity contribution in [1.82, 2.24) is 0 Å². The molecule has 0 radical (unpaired) electrons. The van der Waals surface area contributed by atoms with E-state index in [4.69, 9.17) is 9.47 Å². The molecule has 0 aromatic heterocycles. The summed E-state index contributed by atoms with van der Waals surface area (Å²) in [5.74, 6) is 2.19. The van der Waals surface area contributed by atoms with Crippen LogP contribution in [0.25, 0.3) is 0 Å².